The quantitative estimate of drug-likeness (QED) is 0.477. The van der Waals surface area contributed by atoms with Gasteiger partial charge in [-0.05, 0) is 6.08 Å². The second-order valence-corrected chi connectivity index (χ2v) is 3.05. The summed E-state index contributed by atoms with van der Waals surface area (Å²) in [5.74, 6) is -0.458. The van der Waals surface area contributed by atoms with Crippen molar-refractivity contribution in [1.29, 1.82) is 0 Å². The summed E-state index contributed by atoms with van der Waals surface area (Å²) >= 11 is 0. The molecule has 0 aliphatic carbocycles. The summed E-state index contributed by atoms with van der Waals surface area (Å²) in [5.41, 5.74) is 2.51. The average Bonchev–Trinajstić information content (AvgIpc) is 2.28. The monoisotopic (exact) mass is 228 g/mol. The Morgan fingerprint density at radius 1 is 1.12 bits per heavy atom. The van der Waals surface area contributed by atoms with E-state index in [1.807, 2.05) is 0 Å². The van der Waals surface area contributed by atoms with Gasteiger partial charge in [0.25, 0.3) is 0 Å². The van der Waals surface area contributed by atoms with Crippen LogP contribution in [0.3, 0.4) is 0 Å². The highest BCUT2D eigenvalue weighted by Crippen LogP contribution is 1.99. The molecular weight excluding hydrogens is 212 g/mol. The number of esters is 1. The lowest BCUT2D eigenvalue weighted by molar-refractivity contribution is -0.157. The summed E-state index contributed by atoms with van der Waals surface area (Å²) in [6.07, 6.45) is 0.662. The van der Waals surface area contributed by atoms with Crippen LogP contribution in [0.4, 0.5) is 0 Å². The molecule has 1 rings (SSSR count). The Morgan fingerprint density at radius 2 is 1.75 bits per heavy atom. The van der Waals surface area contributed by atoms with Gasteiger partial charge in [0.15, 0.2) is 6.10 Å². The molecule has 0 bridgehead atoms. The lowest BCUT2D eigenvalue weighted by Gasteiger charge is -2.14. The van der Waals surface area contributed by atoms with Crippen LogP contribution in [0.2, 0.25) is 0 Å². The fourth-order valence-electron chi connectivity index (χ4n) is 1.13. The summed E-state index contributed by atoms with van der Waals surface area (Å²) < 4.78 is 20.6. The van der Waals surface area contributed by atoms with Crippen molar-refractivity contribution in [3.8, 4) is 0 Å². The maximum Gasteiger partial charge on any atom is 0.340 e. The van der Waals surface area contributed by atoms with Gasteiger partial charge in [-0.15, -0.1) is 5.73 Å². The SMILES string of the molecule is C=C=CC1OCCOCCOCCOC1=O. The Balaban J connectivity index is 2.46. The van der Waals surface area contributed by atoms with Crippen molar-refractivity contribution >= 4 is 5.97 Å². The lowest BCUT2D eigenvalue weighted by Crippen LogP contribution is -2.28. The van der Waals surface area contributed by atoms with Gasteiger partial charge in [-0.3, -0.25) is 0 Å². The lowest BCUT2D eigenvalue weighted by atomic mass is 10.3. The first-order valence-corrected chi connectivity index (χ1v) is 5.14. The number of ether oxygens (including phenoxy) is 4. The maximum absolute atomic E-state index is 11.5. The van der Waals surface area contributed by atoms with Gasteiger partial charge in [0.05, 0.1) is 33.0 Å². The van der Waals surface area contributed by atoms with E-state index in [-0.39, 0.29) is 6.61 Å². The van der Waals surface area contributed by atoms with E-state index in [0.29, 0.717) is 33.0 Å². The zero-order valence-corrected chi connectivity index (χ0v) is 9.15. The molecule has 0 amide bonds. The Kier molecular flexibility index (Phi) is 6.53. The van der Waals surface area contributed by atoms with Crippen LogP contribution in [0.25, 0.3) is 0 Å². The molecule has 0 N–H and O–H groups in total. The number of cyclic esters (lactones) is 1. The zero-order chi connectivity index (χ0) is 11.6. The molecule has 16 heavy (non-hydrogen) atoms. The summed E-state index contributed by atoms with van der Waals surface area (Å²) in [6, 6.07) is 0. The van der Waals surface area contributed by atoms with Gasteiger partial charge >= 0.3 is 5.97 Å². The van der Waals surface area contributed by atoms with E-state index in [4.69, 9.17) is 18.9 Å². The van der Waals surface area contributed by atoms with E-state index < -0.39 is 12.1 Å². The molecule has 5 heteroatoms. The van der Waals surface area contributed by atoms with E-state index in [0.717, 1.165) is 0 Å². The van der Waals surface area contributed by atoms with Gasteiger partial charge < -0.3 is 18.9 Å². The van der Waals surface area contributed by atoms with Gasteiger partial charge in [-0.2, -0.15) is 0 Å². The van der Waals surface area contributed by atoms with Crippen LogP contribution in [0.1, 0.15) is 0 Å². The molecular formula is C11H16O5. The van der Waals surface area contributed by atoms with Gasteiger partial charge in [-0.1, -0.05) is 6.58 Å². The minimum atomic E-state index is -0.763. The molecule has 1 heterocycles. The van der Waals surface area contributed by atoms with Crippen LogP contribution in [-0.4, -0.2) is 51.7 Å². The molecule has 1 aliphatic heterocycles. The summed E-state index contributed by atoms with van der Waals surface area (Å²) in [6.45, 7) is 5.71. The molecule has 5 nitrogen and oxygen atoms in total. The van der Waals surface area contributed by atoms with Crippen molar-refractivity contribution < 1.29 is 23.7 Å². The third kappa shape index (κ3) is 5.09. The van der Waals surface area contributed by atoms with Crippen LogP contribution >= 0.6 is 0 Å². The maximum atomic E-state index is 11.5. The topological polar surface area (TPSA) is 54.0 Å². The molecule has 0 aromatic carbocycles. The third-order valence-electron chi connectivity index (χ3n) is 1.87. The first kappa shape index (κ1) is 12.9. The molecule has 1 saturated heterocycles. The van der Waals surface area contributed by atoms with Gasteiger partial charge in [0, 0.05) is 0 Å². The molecule has 0 aromatic heterocycles. The molecule has 1 unspecified atom stereocenters. The number of carbonyl (C=O) groups is 1. The summed E-state index contributed by atoms with van der Waals surface area (Å²) in [5, 5.41) is 0. The van der Waals surface area contributed by atoms with Crippen molar-refractivity contribution in [2.24, 2.45) is 0 Å². The number of hydrogen-bond acceptors (Lipinski definition) is 5. The molecule has 1 aliphatic rings. The van der Waals surface area contributed by atoms with Crippen LogP contribution in [0, 0.1) is 0 Å². The molecule has 1 atom stereocenters. The molecule has 0 saturated carbocycles. The zero-order valence-electron chi connectivity index (χ0n) is 9.15. The molecule has 1 fully saturated rings. The highest BCUT2D eigenvalue weighted by atomic mass is 16.6. The molecule has 90 valence electrons. The normalized spacial score (nSPS) is 24.5. The van der Waals surface area contributed by atoms with Gasteiger partial charge in [-0.25, -0.2) is 4.79 Å². The van der Waals surface area contributed by atoms with E-state index >= 15 is 0 Å². The van der Waals surface area contributed by atoms with Crippen LogP contribution in [0.15, 0.2) is 18.4 Å². The third-order valence-corrected chi connectivity index (χ3v) is 1.87. The van der Waals surface area contributed by atoms with Crippen molar-refractivity contribution in [3.63, 3.8) is 0 Å². The van der Waals surface area contributed by atoms with Crippen LogP contribution in [0.5, 0.6) is 0 Å². The number of rotatable bonds is 1. The number of hydrogen-bond donors (Lipinski definition) is 0. The predicted molar refractivity (Wildman–Crippen MR) is 56.0 cm³/mol. The second-order valence-electron chi connectivity index (χ2n) is 3.05. The Labute approximate surface area is 94.6 Å². The fraction of sp³-hybridized carbons (Fsp3) is 0.636. The fourth-order valence-corrected chi connectivity index (χ4v) is 1.13. The van der Waals surface area contributed by atoms with E-state index in [1.165, 1.54) is 6.08 Å². The Morgan fingerprint density at radius 3 is 2.44 bits per heavy atom. The first-order valence-electron chi connectivity index (χ1n) is 5.14. The predicted octanol–water partition coefficient (Wildman–Crippen LogP) is 0.303. The summed E-state index contributed by atoms with van der Waals surface area (Å²) in [4.78, 5) is 11.5. The van der Waals surface area contributed by atoms with E-state index in [2.05, 4.69) is 12.3 Å². The highest BCUT2D eigenvalue weighted by Gasteiger charge is 2.17. The first-order chi connectivity index (χ1) is 7.84. The van der Waals surface area contributed by atoms with Gasteiger partial charge in [0.1, 0.15) is 6.61 Å². The van der Waals surface area contributed by atoms with Crippen molar-refractivity contribution in [2.75, 3.05) is 39.6 Å². The molecule has 0 aromatic rings. The Hall–Kier alpha value is -1.13. The molecule has 0 radical (unpaired) electrons. The second kappa shape index (κ2) is 8.07. The summed E-state index contributed by atoms with van der Waals surface area (Å²) in [7, 11) is 0. The highest BCUT2D eigenvalue weighted by molar-refractivity contribution is 5.76. The number of carbonyl (C=O) groups excluding carboxylic acids is 1. The van der Waals surface area contributed by atoms with E-state index in [1.54, 1.807) is 0 Å². The minimum absolute atomic E-state index is 0.212. The van der Waals surface area contributed by atoms with Crippen molar-refractivity contribution in [3.05, 3.63) is 18.4 Å². The van der Waals surface area contributed by atoms with Crippen molar-refractivity contribution in [1.82, 2.24) is 0 Å². The van der Waals surface area contributed by atoms with Crippen LogP contribution < -0.4 is 0 Å². The molecule has 0 spiro atoms. The largest absolute Gasteiger partial charge is 0.461 e. The van der Waals surface area contributed by atoms with E-state index in [9.17, 15) is 4.79 Å². The smallest absolute Gasteiger partial charge is 0.340 e. The van der Waals surface area contributed by atoms with Crippen molar-refractivity contribution in [2.45, 2.75) is 6.10 Å². The van der Waals surface area contributed by atoms with Gasteiger partial charge in [0.2, 0.25) is 0 Å². The average molecular weight is 228 g/mol. The van der Waals surface area contributed by atoms with Crippen LogP contribution in [-0.2, 0) is 23.7 Å². The standard InChI is InChI=1S/C11H16O5/c1-2-3-10-11(12)16-9-7-14-5-4-13-6-8-15-10/h3,10H,1,4-9H2. The Bertz CT molecular complexity index is 257. The minimum Gasteiger partial charge on any atom is -0.461 e.